The molecule has 0 saturated heterocycles. The highest BCUT2D eigenvalue weighted by Gasteiger charge is 2.21. The van der Waals surface area contributed by atoms with Gasteiger partial charge in [-0.25, -0.2) is 15.0 Å². The van der Waals surface area contributed by atoms with Gasteiger partial charge in [0.25, 0.3) is 0 Å². The summed E-state index contributed by atoms with van der Waals surface area (Å²) in [5.74, 6) is 4.04. The quantitative estimate of drug-likeness (QED) is 0.392. The second kappa shape index (κ2) is 8.50. The van der Waals surface area contributed by atoms with Crippen molar-refractivity contribution in [1.29, 1.82) is 5.26 Å². The van der Waals surface area contributed by atoms with Crippen LogP contribution >= 0.6 is 0 Å². The number of fused-ring (bicyclic) bond motifs is 8. The van der Waals surface area contributed by atoms with Crippen LogP contribution in [-0.2, 0) is 0 Å². The molecule has 35 heavy (non-hydrogen) atoms. The second-order valence-electron chi connectivity index (χ2n) is 8.27. The number of aromatic hydroxyl groups is 1. The Bertz CT molecular complexity index is 1370. The van der Waals surface area contributed by atoms with Crippen molar-refractivity contribution >= 4 is 46.3 Å². The van der Waals surface area contributed by atoms with Crippen LogP contribution in [0.1, 0.15) is 5.56 Å². The molecule has 8 bridgehead atoms. The minimum Gasteiger partial charge on any atom is -0.504 e. The molecule has 0 unspecified atom stereocenters. The zero-order valence-corrected chi connectivity index (χ0v) is 19.9. The van der Waals surface area contributed by atoms with E-state index in [4.69, 9.17) is 15.0 Å². The topological polar surface area (TPSA) is 95.7 Å². The van der Waals surface area contributed by atoms with E-state index >= 15 is 0 Å². The molecule has 0 fully saturated rings. The minimum absolute atomic E-state index is 0.0223. The van der Waals surface area contributed by atoms with Gasteiger partial charge in [-0.3, -0.25) is 0 Å². The standard InChI is InChI=1S/C26H24N8O/c1-31-18-14-17(16-27)15-19(26(18)35)32(2)21-9-6-11-23(29-21)34(4)25-13-7-12-24(30-25)33(3)22-10-5-8-20(31)28-22/h5-15,35H,1-4H3. The highest BCUT2D eigenvalue weighted by molar-refractivity contribution is 5.81. The molecule has 0 amide bonds. The maximum absolute atomic E-state index is 11.3. The first-order chi connectivity index (χ1) is 16.9. The summed E-state index contributed by atoms with van der Waals surface area (Å²) in [6.45, 7) is 0. The Morgan fingerprint density at radius 2 is 0.914 bits per heavy atom. The molecule has 0 atom stereocenters. The number of phenols is 1. The molecule has 4 heterocycles. The molecule has 1 N–H and O–H groups in total. The molecular weight excluding hydrogens is 440 g/mol. The lowest BCUT2D eigenvalue weighted by Crippen LogP contribution is -2.20. The van der Waals surface area contributed by atoms with Crippen molar-refractivity contribution < 1.29 is 5.11 Å². The van der Waals surface area contributed by atoms with Crippen LogP contribution in [0.5, 0.6) is 5.75 Å². The maximum atomic E-state index is 11.3. The second-order valence-corrected chi connectivity index (χ2v) is 8.27. The average Bonchev–Trinajstić information content (AvgIpc) is 2.91. The van der Waals surface area contributed by atoms with E-state index in [-0.39, 0.29) is 5.75 Å². The van der Waals surface area contributed by atoms with E-state index in [1.54, 1.807) is 21.9 Å². The number of anilines is 8. The van der Waals surface area contributed by atoms with E-state index in [1.807, 2.05) is 92.6 Å². The molecule has 0 radical (unpaired) electrons. The minimum atomic E-state index is 0.0223. The molecule has 0 saturated carbocycles. The maximum Gasteiger partial charge on any atom is 0.163 e. The Morgan fingerprint density at radius 3 is 1.23 bits per heavy atom. The van der Waals surface area contributed by atoms with Gasteiger partial charge in [0.2, 0.25) is 0 Å². The summed E-state index contributed by atoms with van der Waals surface area (Å²) in [7, 11) is 7.42. The Balaban J connectivity index is 1.78. The number of hydrogen-bond acceptors (Lipinski definition) is 9. The van der Waals surface area contributed by atoms with Crippen LogP contribution in [0.25, 0.3) is 0 Å². The van der Waals surface area contributed by atoms with Crippen molar-refractivity contribution in [3.05, 3.63) is 72.3 Å². The van der Waals surface area contributed by atoms with Gasteiger partial charge in [0.1, 0.15) is 34.9 Å². The van der Waals surface area contributed by atoms with Crippen molar-refractivity contribution in [2.75, 3.05) is 47.8 Å². The summed E-state index contributed by atoms with van der Waals surface area (Å²) in [5, 5.41) is 21.0. The number of nitriles is 1. The summed E-state index contributed by atoms with van der Waals surface area (Å²) >= 11 is 0. The Kier molecular flexibility index (Phi) is 5.34. The molecular formula is C26H24N8O. The van der Waals surface area contributed by atoms with Crippen LogP contribution in [0.2, 0.25) is 0 Å². The molecule has 174 valence electrons. The molecule has 1 aromatic carbocycles. The molecule has 4 aromatic rings. The summed E-state index contributed by atoms with van der Waals surface area (Å²) in [4.78, 5) is 21.8. The SMILES string of the molecule is CN1c2cccc(n2)N(C)c2cccc(n2)N(C)c2cc(C#N)cc(c2O)N(C)c2cccc1n2. The lowest BCUT2D eigenvalue weighted by atomic mass is 10.1. The first kappa shape index (κ1) is 22.0. The summed E-state index contributed by atoms with van der Waals surface area (Å²) in [5.41, 5.74) is 1.32. The third-order valence-corrected chi connectivity index (χ3v) is 6.14. The zero-order chi connectivity index (χ0) is 24.7. The van der Waals surface area contributed by atoms with Crippen LogP contribution in [0, 0.1) is 11.3 Å². The van der Waals surface area contributed by atoms with Gasteiger partial charge in [0, 0.05) is 28.2 Å². The smallest absolute Gasteiger partial charge is 0.163 e. The zero-order valence-electron chi connectivity index (χ0n) is 19.9. The van der Waals surface area contributed by atoms with E-state index in [0.717, 1.165) is 11.6 Å². The van der Waals surface area contributed by atoms with Gasteiger partial charge in [-0.15, -0.1) is 0 Å². The van der Waals surface area contributed by atoms with Crippen molar-refractivity contribution in [2.45, 2.75) is 0 Å². The van der Waals surface area contributed by atoms with Crippen molar-refractivity contribution in [2.24, 2.45) is 0 Å². The fourth-order valence-corrected chi connectivity index (χ4v) is 4.02. The molecule has 3 aromatic heterocycles. The Labute approximate surface area is 203 Å². The summed E-state index contributed by atoms with van der Waals surface area (Å²) < 4.78 is 0. The van der Waals surface area contributed by atoms with Gasteiger partial charge in [-0.05, 0) is 48.5 Å². The van der Waals surface area contributed by atoms with Gasteiger partial charge >= 0.3 is 0 Å². The molecule has 0 aliphatic carbocycles. The fraction of sp³-hybridized carbons (Fsp3) is 0.154. The summed E-state index contributed by atoms with van der Waals surface area (Å²) in [6, 6.07) is 22.6. The number of rotatable bonds is 0. The lowest BCUT2D eigenvalue weighted by molar-refractivity contribution is 0.476. The molecule has 5 rings (SSSR count). The van der Waals surface area contributed by atoms with Crippen LogP contribution in [0.3, 0.4) is 0 Å². The number of benzene rings is 1. The number of nitrogens with zero attached hydrogens (tertiary/aromatic N) is 8. The van der Waals surface area contributed by atoms with Crippen molar-refractivity contribution in [1.82, 2.24) is 15.0 Å². The highest BCUT2D eigenvalue weighted by atomic mass is 16.3. The van der Waals surface area contributed by atoms with Gasteiger partial charge in [0.05, 0.1) is 23.0 Å². The molecule has 0 spiro atoms. The monoisotopic (exact) mass is 464 g/mol. The number of hydrogen-bond donors (Lipinski definition) is 1. The Hall–Kier alpha value is -4.84. The van der Waals surface area contributed by atoms with Gasteiger partial charge in [-0.1, -0.05) is 18.2 Å². The van der Waals surface area contributed by atoms with Crippen LogP contribution in [0.15, 0.2) is 66.7 Å². The van der Waals surface area contributed by atoms with E-state index in [0.29, 0.717) is 40.2 Å². The number of phenolic OH excluding ortho intramolecular Hbond substituents is 1. The molecule has 9 heteroatoms. The van der Waals surface area contributed by atoms with Crippen molar-refractivity contribution in [3.63, 3.8) is 0 Å². The van der Waals surface area contributed by atoms with Crippen LogP contribution in [0.4, 0.5) is 46.3 Å². The normalized spacial score (nSPS) is 13.0. The van der Waals surface area contributed by atoms with Crippen LogP contribution < -0.4 is 19.6 Å². The number of pyridine rings is 3. The lowest BCUT2D eigenvalue weighted by Gasteiger charge is -2.27. The molecule has 9 nitrogen and oxygen atoms in total. The predicted molar refractivity (Wildman–Crippen MR) is 138 cm³/mol. The molecule has 1 aliphatic rings. The van der Waals surface area contributed by atoms with Gasteiger partial charge in [0.15, 0.2) is 5.75 Å². The third-order valence-electron chi connectivity index (χ3n) is 6.14. The fourth-order valence-electron chi connectivity index (χ4n) is 4.02. The van der Waals surface area contributed by atoms with Gasteiger partial charge in [-0.2, -0.15) is 5.26 Å². The first-order valence-corrected chi connectivity index (χ1v) is 11.0. The highest BCUT2D eigenvalue weighted by Crippen LogP contribution is 2.42. The predicted octanol–water partition coefficient (Wildman–Crippen LogP) is 4.83. The van der Waals surface area contributed by atoms with E-state index < -0.39 is 0 Å². The average molecular weight is 465 g/mol. The van der Waals surface area contributed by atoms with Crippen molar-refractivity contribution in [3.8, 4) is 11.8 Å². The largest absolute Gasteiger partial charge is 0.504 e. The first-order valence-electron chi connectivity index (χ1n) is 11.0. The van der Waals surface area contributed by atoms with E-state index in [2.05, 4.69) is 6.07 Å². The summed E-state index contributed by atoms with van der Waals surface area (Å²) in [6.07, 6.45) is 0. The molecule has 1 aliphatic heterocycles. The van der Waals surface area contributed by atoms with Gasteiger partial charge < -0.3 is 24.7 Å². The number of aromatic nitrogens is 3. The third kappa shape index (κ3) is 3.81. The van der Waals surface area contributed by atoms with E-state index in [1.165, 1.54) is 0 Å². The van der Waals surface area contributed by atoms with E-state index in [9.17, 15) is 10.4 Å². The Morgan fingerprint density at radius 1 is 0.600 bits per heavy atom. The van der Waals surface area contributed by atoms with Crippen LogP contribution in [-0.4, -0.2) is 48.2 Å².